The third-order valence-corrected chi connectivity index (χ3v) is 12.8. The van der Waals surface area contributed by atoms with Gasteiger partial charge in [0.1, 0.15) is 0 Å². The van der Waals surface area contributed by atoms with Gasteiger partial charge in [-0.25, -0.2) is 5.57 Å². The molecule has 3 aromatic rings. The topological polar surface area (TPSA) is 0 Å². The molecule has 0 bridgehead atoms. The molecular weight excluding hydrogens is 456 g/mol. The van der Waals surface area contributed by atoms with Crippen LogP contribution in [0.25, 0.3) is 21.9 Å². The van der Waals surface area contributed by atoms with Gasteiger partial charge in [0.05, 0.1) is 0 Å². The second-order valence-electron chi connectivity index (χ2n) is 7.81. The Balaban J connectivity index is 0.000000183. The molecule has 0 radical (unpaired) electrons. The largest absolute Gasteiger partial charge is 0.150 e. The van der Waals surface area contributed by atoms with Gasteiger partial charge in [-0.05, 0) is 0 Å². The van der Waals surface area contributed by atoms with Gasteiger partial charge in [-0.15, -0.1) is 53.6 Å². The molecule has 0 spiro atoms. The molecule has 4 rings (SSSR count). The summed E-state index contributed by atoms with van der Waals surface area (Å²) in [6.45, 7) is 13.3. The number of allylic oxidation sites excluding steroid dienone is 4. The number of fused-ring (bicyclic) bond motifs is 1. The Morgan fingerprint density at radius 1 is 0.933 bits per heavy atom. The molecule has 2 heteroatoms. The summed E-state index contributed by atoms with van der Waals surface area (Å²) in [6, 6.07) is 26.3. The molecule has 0 amide bonds. The van der Waals surface area contributed by atoms with Crippen molar-refractivity contribution in [2.75, 3.05) is 0 Å². The van der Waals surface area contributed by atoms with Crippen molar-refractivity contribution in [1.82, 2.24) is 0 Å². The van der Waals surface area contributed by atoms with Crippen molar-refractivity contribution in [1.29, 1.82) is 0 Å². The fourth-order valence-corrected chi connectivity index (χ4v) is 3.93. The van der Waals surface area contributed by atoms with Crippen LogP contribution in [0.4, 0.5) is 0 Å². The van der Waals surface area contributed by atoms with Gasteiger partial charge in [0.15, 0.2) is 0 Å². The van der Waals surface area contributed by atoms with Gasteiger partial charge in [0, 0.05) is 0 Å². The number of hydrogen-bond donors (Lipinski definition) is 0. The first kappa shape index (κ1) is 24.9. The maximum absolute atomic E-state index is 3.36. The molecular formula is C28H34SiZr. The van der Waals surface area contributed by atoms with Gasteiger partial charge in [-0.3, -0.25) is 6.08 Å². The monoisotopic (exact) mass is 488 g/mol. The standard InChI is InChI=1S/C15H11.C9H13.C4H10Si.Zr/c1-2-6-12(7-3-1)15-11-10-13-8-4-5-9-14(13)15;1-6-5-7(2)9(4)8(6)3;1-3-5-4-2;/h1-11H;6H,1-4H3;3-4H2,1-2H3;/q2*-1;;+2. The van der Waals surface area contributed by atoms with E-state index < -0.39 is 0 Å². The van der Waals surface area contributed by atoms with Crippen molar-refractivity contribution in [2.24, 2.45) is 5.92 Å². The van der Waals surface area contributed by atoms with Crippen LogP contribution in [0.3, 0.4) is 0 Å². The zero-order valence-electron chi connectivity index (χ0n) is 19.3. The van der Waals surface area contributed by atoms with Crippen molar-refractivity contribution in [3.05, 3.63) is 89.5 Å². The van der Waals surface area contributed by atoms with E-state index in [1.807, 2.05) is 0 Å². The molecule has 1 aliphatic rings. The molecule has 0 saturated heterocycles. The van der Waals surface area contributed by atoms with E-state index in [-0.39, 0.29) is 5.43 Å². The SMILES string of the molecule is CC1=[C-]C(C)C(C)=C1C.CC[Si](=[Zr+2])CC.c1ccc(-c2c[cH-]c3ccccc23)cc1. The minimum atomic E-state index is 0.222. The average molecular weight is 490 g/mol. The zero-order chi connectivity index (χ0) is 22.1. The quantitative estimate of drug-likeness (QED) is 0.255. The molecule has 154 valence electrons. The molecule has 0 aromatic heterocycles. The summed E-state index contributed by atoms with van der Waals surface area (Å²) in [4.78, 5) is 0. The molecule has 30 heavy (non-hydrogen) atoms. The van der Waals surface area contributed by atoms with Crippen LogP contribution in [0.5, 0.6) is 0 Å². The minimum absolute atomic E-state index is 0.222. The van der Waals surface area contributed by atoms with E-state index in [2.05, 4.69) is 114 Å². The normalized spacial score (nSPS) is 15.2. The van der Waals surface area contributed by atoms with E-state index in [0.29, 0.717) is 5.92 Å². The van der Waals surface area contributed by atoms with Gasteiger partial charge in [0.25, 0.3) is 0 Å². The van der Waals surface area contributed by atoms with Gasteiger partial charge in [-0.1, -0.05) is 68.7 Å². The summed E-state index contributed by atoms with van der Waals surface area (Å²) >= 11 is 1.80. The summed E-state index contributed by atoms with van der Waals surface area (Å²) < 4.78 is 0. The zero-order valence-corrected chi connectivity index (χ0v) is 22.8. The molecule has 0 heterocycles. The van der Waals surface area contributed by atoms with Gasteiger partial charge >= 0.3 is 54.7 Å². The number of rotatable bonds is 3. The predicted octanol–water partition coefficient (Wildman–Crippen LogP) is 8.51. The summed E-state index contributed by atoms with van der Waals surface area (Å²) in [5.41, 5.74) is 7.08. The summed E-state index contributed by atoms with van der Waals surface area (Å²) in [5, 5.41) is 2.65. The smallest absolute Gasteiger partial charge is 0.0623 e. The fourth-order valence-electron chi connectivity index (χ4n) is 3.43. The summed E-state index contributed by atoms with van der Waals surface area (Å²) in [5.74, 6) is 0.560. The van der Waals surface area contributed by atoms with Crippen LogP contribution in [-0.4, -0.2) is 5.43 Å². The van der Waals surface area contributed by atoms with Crippen molar-refractivity contribution in [3.63, 3.8) is 0 Å². The molecule has 0 N–H and O–H groups in total. The van der Waals surface area contributed by atoms with E-state index in [1.165, 1.54) is 50.7 Å². The van der Waals surface area contributed by atoms with Crippen LogP contribution in [0, 0.1) is 12.0 Å². The molecule has 0 aliphatic heterocycles. The maximum atomic E-state index is 3.36. The van der Waals surface area contributed by atoms with Crippen LogP contribution in [-0.2, 0) is 23.3 Å². The first-order chi connectivity index (χ1) is 14.4. The molecule has 0 fully saturated rings. The molecule has 3 aromatic carbocycles. The number of hydrogen-bond acceptors (Lipinski definition) is 0. The molecule has 1 atom stereocenters. The first-order valence-electron chi connectivity index (χ1n) is 10.9. The third kappa shape index (κ3) is 6.82. The van der Waals surface area contributed by atoms with Crippen molar-refractivity contribution in [3.8, 4) is 11.1 Å². The Morgan fingerprint density at radius 3 is 2.00 bits per heavy atom. The summed E-state index contributed by atoms with van der Waals surface area (Å²) in [6.07, 6.45) is 3.36. The molecule has 0 nitrogen and oxygen atoms in total. The summed E-state index contributed by atoms with van der Waals surface area (Å²) in [7, 11) is 0. The second-order valence-corrected chi connectivity index (χ2v) is 15.6. The molecule has 0 saturated carbocycles. The molecule has 1 aliphatic carbocycles. The Bertz CT molecular complexity index is 1010. The number of benzene rings is 2. The van der Waals surface area contributed by atoms with Crippen LogP contribution in [0.2, 0.25) is 12.1 Å². The average Bonchev–Trinajstić information content (AvgIpc) is 3.31. The van der Waals surface area contributed by atoms with E-state index in [1.54, 1.807) is 23.3 Å². The van der Waals surface area contributed by atoms with Crippen molar-refractivity contribution in [2.45, 2.75) is 53.6 Å². The van der Waals surface area contributed by atoms with Gasteiger partial charge in [-0.2, -0.15) is 11.1 Å². The van der Waals surface area contributed by atoms with Crippen LogP contribution >= 0.6 is 0 Å². The third-order valence-electron chi connectivity index (χ3n) is 5.86. The maximum Gasteiger partial charge on any atom is -0.0623 e. The molecule has 1 unspecified atom stereocenters. The Hall–Kier alpha value is -1.37. The predicted molar refractivity (Wildman–Crippen MR) is 132 cm³/mol. The second kappa shape index (κ2) is 12.5. The van der Waals surface area contributed by atoms with E-state index in [9.17, 15) is 0 Å². The Morgan fingerprint density at radius 2 is 1.53 bits per heavy atom. The van der Waals surface area contributed by atoms with E-state index in [4.69, 9.17) is 0 Å². The van der Waals surface area contributed by atoms with Crippen LogP contribution in [0.1, 0.15) is 41.5 Å². The fraction of sp³-hybridized carbons (Fsp3) is 0.321. The van der Waals surface area contributed by atoms with Crippen molar-refractivity contribution < 1.29 is 23.3 Å². The Labute approximate surface area is 198 Å². The van der Waals surface area contributed by atoms with Gasteiger partial charge < -0.3 is 0 Å². The van der Waals surface area contributed by atoms with Gasteiger partial charge in [0.2, 0.25) is 0 Å². The van der Waals surface area contributed by atoms with E-state index >= 15 is 0 Å². The van der Waals surface area contributed by atoms with Crippen LogP contribution in [0.15, 0.2) is 83.4 Å². The van der Waals surface area contributed by atoms with Crippen molar-refractivity contribution >= 4 is 16.2 Å². The van der Waals surface area contributed by atoms with E-state index in [0.717, 1.165) is 0 Å². The Kier molecular flexibility index (Phi) is 10.4. The first-order valence-corrected chi connectivity index (χ1v) is 16.5. The minimum Gasteiger partial charge on any atom is -0.150 e. The van der Waals surface area contributed by atoms with Crippen LogP contribution < -0.4 is 0 Å².